The van der Waals surface area contributed by atoms with Crippen LogP contribution in [0.1, 0.15) is 17.5 Å². The molecular formula is C16H18O3S. The van der Waals surface area contributed by atoms with Crippen LogP contribution in [0, 0.1) is 6.92 Å². The van der Waals surface area contributed by atoms with Crippen molar-refractivity contribution in [1.29, 1.82) is 0 Å². The maximum atomic E-state index is 10.7. The summed E-state index contributed by atoms with van der Waals surface area (Å²) in [4.78, 5) is 11.9. The predicted octanol–water partition coefficient (Wildman–Crippen LogP) is 3.61. The van der Waals surface area contributed by atoms with Gasteiger partial charge in [-0.15, -0.1) is 11.8 Å². The topological polar surface area (TPSA) is 35.5 Å². The van der Waals surface area contributed by atoms with Crippen molar-refractivity contribution in [3.63, 3.8) is 0 Å². The Morgan fingerprint density at radius 3 is 2.65 bits per heavy atom. The average Bonchev–Trinajstić information content (AvgIpc) is 2.93. The van der Waals surface area contributed by atoms with Crippen molar-refractivity contribution >= 4 is 24.1 Å². The van der Waals surface area contributed by atoms with Gasteiger partial charge in [-0.2, -0.15) is 0 Å². The first-order valence-electron chi connectivity index (χ1n) is 6.40. The van der Waals surface area contributed by atoms with Gasteiger partial charge < -0.3 is 14.3 Å². The van der Waals surface area contributed by atoms with Gasteiger partial charge in [0, 0.05) is 16.5 Å². The summed E-state index contributed by atoms with van der Waals surface area (Å²) in [6, 6.07) is 3.85. The van der Waals surface area contributed by atoms with Crippen LogP contribution in [0.3, 0.4) is 0 Å². The fourth-order valence-electron chi connectivity index (χ4n) is 2.09. The van der Waals surface area contributed by atoms with Gasteiger partial charge in [-0.25, -0.2) is 0 Å². The van der Waals surface area contributed by atoms with Crippen LogP contribution >= 0.6 is 11.8 Å². The second kappa shape index (κ2) is 6.66. The average molecular weight is 290 g/mol. The number of carbonyl (C=O) groups excluding carboxylic acids is 1. The van der Waals surface area contributed by atoms with Gasteiger partial charge in [0.1, 0.15) is 17.8 Å². The number of aldehydes is 1. The zero-order chi connectivity index (χ0) is 14.5. The van der Waals surface area contributed by atoms with Crippen LogP contribution in [0.25, 0.3) is 6.08 Å². The van der Waals surface area contributed by atoms with Gasteiger partial charge >= 0.3 is 0 Å². The SMILES string of the molecule is COc1cc(C)c(/C=C/C2=CCC(C=O)S2)c(OC)c1. The molecule has 1 atom stereocenters. The number of thioether (sulfide) groups is 1. The Labute approximate surface area is 123 Å². The van der Waals surface area contributed by atoms with Gasteiger partial charge in [0.05, 0.1) is 19.5 Å². The molecule has 0 fully saturated rings. The molecule has 1 unspecified atom stereocenters. The molecule has 4 heteroatoms. The Morgan fingerprint density at radius 1 is 1.25 bits per heavy atom. The molecule has 0 amide bonds. The van der Waals surface area contributed by atoms with Crippen LogP contribution in [0.2, 0.25) is 0 Å². The summed E-state index contributed by atoms with van der Waals surface area (Å²) in [6.07, 6.45) is 7.96. The standard InChI is InChI=1S/C16H18O3S/c1-11-8-12(18-2)9-16(19-3)15(11)7-6-13-4-5-14(10-17)20-13/h4,6-10,14H,5H2,1-3H3/b7-6+. The third-order valence-corrected chi connectivity index (χ3v) is 4.36. The van der Waals surface area contributed by atoms with E-state index in [1.807, 2.05) is 31.2 Å². The number of rotatable bonds is 5. The van der Waals surface area contributed by atoms with E-state index in [1.54, 1.807) is 26.0 Å². The summed E-state index contributed by atoms with van der Waals surface area (Å²) in [7, 11) is 3.29. The van der Waals surface area contributed by atoms with Crippen molar-refractivity contribution in [2.24, 2.45) is 0 Å². The van der Waals surface area contributed by atoms with Crippen LogP contribution in [-0.4, -0.2) is 25.8 Å². The molecular weight excluding hydrogens is 272 g/mol. The third kappa shape index (κ3) is 3.25. The van der Waals surface area contributed by atoms with Gasteiger partial charge in [-0.1, -0.05) is 6.08 Å². The molecule has 0 saturated carbocycles. The Morgan fingerprint density at radius 2 is 2.05 bits per heavy atom. The van der Waals surface area contributed by atoms with Gasteiger partial charge in [0.2, 0.25) is 0 Å². The molecule has 106 valence electrons. The van der Waals surface area contributed by atoms with E-state index in [2.05, 4.69) is 6.08 Å². The van der Waals surface area contributed by atoms with Crippen molar-refractivity contribution < 1.29 is 14.3 Å². The molecule has 0 aromatic heterocycles. The molecule has 1 heterocycles. The van der Waals surface area contributed by atoms with E-state index in [4.69, 9.17) is 9.47 Å². The molecule has 0 aliphatic carbocycles. The van der Waals surface area contributed by atoms with E-state index in [9.17, 15) is 4.79 Å². The molecule has 0 spiro atoms. The van der Waals surface area contributed by atoms with Crippen LogP contribution in [-0.2, 0) is 4.79 Å². The molecule has 0 saturated heterocycles. The number of hydrogen-bond donors (Lipinski definition) is 0. The van der Waals surface area contributed by atoms with Gasteiger partial charge in [-0.3, -0.25) is 0 Å². The minimum atomic E-state index is 0.0634. The molecule has 1 aliphatic heterocycles. The summed E-state index contributed by atoms with van der Waals surface area (Å²) >= 11 is 1.60. The van der Waals surface area contributed by atoms with Crippen molar-refractivity contribution in [3.05, 3.63) is 40.3 Å². The molecule has 2 rings (SSSR count). The van der Waals surface area contributed by atoms with Crippen molar-refractivity contribution in [3.8, 4) is 11.5 Å². The fraction of sp³-hybridized carbons (Fsp3) is 0.312. The van der Waals surface area contributed by atoms with Crippen LogP contribution in [0.15, 0.2) is 29.2 Å². The molecule has 3 nitrogen and oxygen atoms in total. The highest BCUT2D eigenvalue weighted by atomic mass is 32.2. The quantitative estimate of drug-likeness (QED) is 0.776. The lowest BCUT2D eigenvalue weighted by molar-refractivity contribution is -0.107. The summed E-state index contributed by atoms with van der Waals surface area (Å²) in [5.74, 6) is 1.57. The lowest BCUT2D eigenvalue weighted by atomic mass is 10.1. The largest absolute Gasteiger partial charge is 0.497 e. The van der Waals surface area contributed by atoms with E-state index in [1.165, 1.54) is 0 Å². The van der Waals surface area contributed by atoms with Crippen LogP contribution in [0.5, 0.6) is 11.5 Å². The summed E-state index contributed by atoms with van der Waals surface area (Å²) < 4.78 is 10.7. The highest BCUT2D eigenvalue weighted by Crippen LogP contribution is 2.34. The smallest absolute Gasteiger partial charge is 0.133 e. The van der Waals surface area contributed by atoms with Gasteiger partial charge in [0.15, 0.2) is 0 Å². The van der Waals surface area contributed by atoms with E-state index in [-0.39, 0.29) is 5.25 Å². The molecule has 1 aromatic carbocycles. The maximum absolute atomic E-state index is 10.7. The first kappa shape index (κ1) is 14.7. The minimum absolute atomic E-state index is 0.0634. The molecule has 20 heavy (non-hydrogen) atoms. The predicted molar refractivity (Wildman–Crippen MR) is 83.5 cm³/mol. The number of ether oxygens (including phenoxy) is 2. The second-order valence-corrected chi connectivity index (χ2v) is 5.84. The van der Waals surface area contributed by atoms with Crippen molar-refractivity contribution in [2.45, 2.75) is 18.6 Å². The number of methoxy groups -OCH3 is 2. The lowest BCUT2D eigenvalue weighted by Crippen LogP contribution is -1.96. The molecule has 0 N–H and O–H groups in total. The number of aryl methyl sites for hydroxylation is 1. The normalized spacial score (nSPS) is 18.1. The minimum Gasteiger partial charge on any atom is -0.497 e. The van der Waals surface area contributed by atoms with Crippen molar-refractivity contribution in [1.82, 2.24) is 0 Å². The lowest BCUT2D eigenvalue weighted by Gasteiger charge is -2.11. The third-order valence-electron chi connectivity index (χ3n) is 3.18. The summed E-state index contributed by atoms with van der Waals surface area (Å²) in [5, 5.41) is 0.0634. The Kier molecular flexibility index (Phi) is 4.90. The van der Waals surface area contributed by atoms with Gasteiger partial charge in [-0.05, 0) is 37.1 Å². The van der Waals surface area contributed by atoms with Crippen molar-refractivity contribution in [2.75, 3.05) is 14.2 Å². The Hall–Kier alpha value is -1.68. The van der Waals surface area contributed by atoms with Gasteiger partial charge in [0.25, 0.3) is 0 Å². The molecule has 1 aromatic rings. The van der Waals surface area contributed by atoms with Crippen LogP contribution < -0.4 is 9.47 Å². The number of carbonyl (C=O) groups is 1. The molecule has 1 aliphatic rings. The summed E-state index contributed by atoms with van der Waals surface area (Å²) in [6.45, 7) is 2.02. The first-order chi connectivity index (χ1) is 9.67. The highest BCUT2D eigenvalue weighted by Gasteiger charge is 2.15. The monoisotopic (exact) mass is 290 g/mol. The Bertz CT molecular complexity index is 561. The first-order valence-corrected chi connectivity index (χ1v) is 7.28. The van der Waals surface area contributed by atoms with E-state index in [0.29, 0.717) is 0 Å². The maximum Gasteiger partial charge on any atom is 0.133 e. The van der Waals surface area contributed by atoms with E-state index >= 15 is 0 Å². The molecule has 0 bridgehead atoms. The highest BCUT2D eigenvalue weighted by molar-refractivity contribution is 8.04. The zero-order valence-corrected chi connectivity index (χ0v) is 12.7. The zero-order valence-electron chi connectivity index (χ0n) is 11.9. The fourth-order valence-corrected chi connectivity index (χ4v) is 3.03. The van der Waals surface area contributed by atoms with E-state index in [0.717, 1.165) is 40.2 Å². The number of benzene rings is 1. The van der Waals surface area contributed by atoms with E-state index < -0.39 is 0 Å². The summed E-state index contributed by atoms with van der Waals surface area (Å²) in [5.41, 5.74) is 2.12. The number of hydrogen-bond acceptors (Lipinski definition) is 4. The molecule has 0 radical (unpaired) electrons. The number of allylic oxidation sites excluding steroid dienone is 2. The second-order valence-electron chi connectivity index (χ2n) is 4.53. The van der Waals surface area contributed by atoms with Crippen LogP contribution in [0.4, 0.5) is 0 Å². The Balaban J connectivity index is 2.23.